The van der Waals surface area contributed by atoms with Crippen molar-refractivity contribution in [2.24, 2.45) is 0 Å². The van der Waals surface area contributed by atoms with E-state index >= 15 is 0 Å². The predicted molar refractivity (Wildman–Crippen MR) is 139 cm³/mol. The SMILES string of the molecule is Cc1cc(C)c2cc(C)c(SCC(=O)Nc3ccc(S(=O)(=O)N4CCCCCC4)cc3)nc2c1. The average molecular weight is 498 g/mol. The van der Waals surface area contributed by atoms with Gasteiger partial charge in [-0.05, 0) is 86.7 Å². The van der Waals surface area contributed by atoms with Crippen molar-refractivity contribution >= 4 is 44.3 Å². The van der Waals surface area contributed by atoms with Crippen molar-refractivity contribution in [3.63, 3.8) is 0 Å². The van der Waals surface area contributed by atoms with Gasteiger partial charge in [0, 0.05) is 24.2 Å². The zero-order valence-electron chi connectivity index (χ0n) is 19.9. The molecule has 1 N–H and O–H groups in total. The lowest BCUT2D eigenvalue weighted by atomic mass is 10.1. The minimum atomic E-state index is -3.50. The molecule has 0 atom stereocenters. The largest absolute Gasteiger partial charge is 0.325 e. The summed E-state index contributed by atoms with van der Waals surface area (Å²) in [6.45, 7) is 7.29. The zero-order valence-corrected chi connectivity index (χ0v) is 21.6. The van der Waals surface area contributed by atoms with Gasteiger partial charge in [-0.1, -0.05) is 30.7 Å². The van der Waals surface area contributed by atoms with Crippen molar-refractivity contribution < 1.29 is 13.2 Å². The summed E-state index contributed by atoms with van der Waals surface area (Å²) >= 11 is 1.40. The second-order valence-corrected chi connectivity index (χ2v) is 11.8. The van der Waals surface area contributed by atoms with Crippen LogP contribution in [0.25, 0.3) is 10.9 Å². The third-order valence-electron chi connectivity index (χ3n) is 6.11. The van der Waals surface area contributed by atoms with Crippen molar-refractivity contribution in [3.8, 4) is 0 Å². The Labute approximate surface area is 206 Å². The van der Waals surface area contributed by atoms with Crippen LogP contribution in [0.2, 0.25) is 0 Å². The number of aromatic nitrogens is 1. The molecule has 1 aromatic heterocycles. The molecule has 0 aliphatic carbocycles. The van der Waals surface area contributed by atoms with Crippen molar-refractivity contribution in [1.29, 1.82) is 0 Å². The van der Waals surface area contributed by atoms with E-state index in [1.54, 1.807) is 28.6 Å². The van der Waals surface area contributed by atoms with E-state index in [1.807, 2.05) is 6.92 Å². The van der Waals surface area contributed by atoms with E-state index in [1.165, 1.54) is 17.3 Å². The maximum Gasteiger partial charge on any atom is 0.243 e. The minimum absolute atomic E-state index is 0.158. The zero-order chi connectivity index (χ0) is 24.3. The Morgan fingerprint density at radius 3 is 2.32 bits per heavy atom. The number of hydrogen-bond donors (Lipinski definition) is 1. The summed E-state index contributed by atoms with van der Waals surface area (Å²) in [6.07, 6.45) is 3.94. The summed E-state index contributed by atoms with van der Waals surface area (Å²) in [7, 11) is -3.50. The molecule has 0 bridgehead atoms. The van der Waals surface area contributed by atoms with E-state index in [0.717, 1.165) is 52.7 Å². The molecule has 6 nitrogen and oxygen atoms in total. The number of carbonyl (C=O) groups is 1. The molecule has 8 heteroatoms. The number of fused-ring (bicyclic) bond motifs is 1. The first-order valence-electron chi connectivity index (χ1n) is 11.7. The lowest BCUT2D eigenvalue weighted by Crippen LogP contribution is -2.31. The number of aryl methyl sites for hydroxylation is 3. The molecule has 1 aliphatic heterocycles. The number of pyridine rings is 1. The number of nitrogens with one attached hydrogen (secondary N) is 1. The predicted octanol–water partition coefficient (Wildman–Crippen LogP) is 5.46. The van der Waals surface area contributed by atoms with Crippen LogP contribution in [0, 0.1) is 20.8 Å². The topological polar surface area (TPSA) is 79.4 Å². The highest BCUT2D eigenvalue weighted by atomic mass is 32.2. The molecule has 0 saturated carbocycles. The third-order valence-corrected chi connectivity index (χ3v) is 9.12. The summed E-state index contributed by atoms with van der Waals surface area (Å²) in [6, 6.07) is 12.8. The van der Waals surface area contributed by atoms with Crippen molar-refractivity contribution in [2.75, 3.05) is 24.2 Å². The molecule has 1 aliphatic rings. The van der Waals surface area contributed by atoms with E-state index < -0.39 is 10.0 Å². The monoisotopic (exact) mass is 497 g/mol. The van der Waals surface area contributed by atoms with Crippen LogP contribution in [-0.2, 0) is 14.8 Å². The quantitative estimate of drug-likeness (QED) is 0.458. The molecule has 1 saturated heterocycles. The highest BCUT2D eigenvalue weighted by Gasteiger charge is 2.25. The molecule has 2 heterocycles. The molecular weight excluding hydrogens is 466 g/mol. The fourth-order valence-corrected chi connectivity index (χ4v) is 6.64. The van der Waals surface area contributed by atoms with Crippen LogP contribution in [0.5, 0.6) is 0 Å². The summed E-state index contributed by atoms with van der Waals surface area (Å²) in [5, 5.41) is 4.83. The van der Waals surface area contributed by atoms with E-state index in [0.29, 0.717) is 18.8 Å². The molecule has 3 aromatic rings. The summed E-state index contributed by atoms with van der Waals surface area (Å²) in [5.41, 5.74) is 4.92. The van der Waals surface area contributed by atoms with Gasteiger partial charge in [0.05, 0.1) is 16.2 Å². The van der Waals surface area contributed by atoms with Gasteiger partial charge in [0.1, 0.15) is 5.03 Å². The van der Waals surface area contributed by atoms with Gasteiger partial charge in [-0.3, -0.25) is 4.79 Å². The minimum Gasteiger partial charge on any atom is -0.325 e. The molecule has 34 heavy (non-hydrogen) atoms. The Bertz CT molecular complexity index is 1300. The summed E-state index contributed by atoms with van der Waals surface area (Å²) in [5.74, 6) is 0.0627. The molecule has 180 valence electrons. The van der Waals surface area contributed by atoms with Crippen LogP contribution in [0.3, 0.4) is 0 Å². The van der Waals surface area contributed by atoms with Gasteiger partial charge in [0.25, 0.3) is 0 Å². The second-order valence-electron chi connectivity index (χ2n) is 8.94. The van der Waals surface area contributed by atoms with Crippen LogP contribution >= 0.6 is 11.8 Å². The number of thioether (sulfide) groups is 1. The summed E-state index contributed by atoms with van der Waals surface area (Å²) in [4.78, 5) is 17.6. The molecule has 4 rings (SSSR count). The van der Waals surface area contributed by atoms with Crippen molar-refractivity contribution in [1.82, 2.24) is 9.29 Å². The fraction of sp³-hybridized carbons (Fsp3) is 0.385. The second kappa shape index (κ2) is 10.5. The lowest BCUT2D eigenvalue weighted by molar-refractivity contribution is -0.113. The standard InChI is InChI=1S/C26H31N3O3S2/c1-18-14-19(2)23-16-20(3)26(28-24(23)15-18)33-17-25(30)27-21-8-10-22(11-9-21)34(31,32)29-12-6-4-5-7-13-29/h8-11,14-16H,4-7,12-13,17H2,1-3H3,(H,27,30). The van der Waals surface area contributed by atoms with Crippen LogP contribution in [-0.4, -0.2) is 42.5 Å². The normalized spacial score (nSPS) is 15.3. The molecule has 0 radical (unpaired) electrons. The van der Waals surface area contributed by atoms with Gasteiger partial charge >= 0.3 is 0 Å². The maximum atomic E-state index is 12.9. The van der Waals surface area contributed by atoms with Gasteiger partial charge in [-0.15, -0.1) is 0 Å². The summed E-state index contributed by atoms with van der Waals surface area (Å²) < 4.78 is 27.4. The molecule has 0 spiro atoms. The van der Waals surface area contributed by atoms with Crippen LogP contribution in [0.15, 0.2) is 52.4 Å². The number of anilines is 1. The number of carbonyl (C=O) groups excluding carboxylic acids is 1. The molecule has 0 unspecified atom stereocenters. The van der Waals surface area contributed by atoms with Gasteiger partial charge in [0.15, 0.2) is 0 Å². The molecule has 1 amide bonds. The Morgan fingerprint density at radius 2 is 1.65 bits per heavy atom. The van der Waals surface area contributed by atoms with E-state index in [4.69, 9.17) is 4.98 Å². The van der Waals surface area contributed by atoms with E-state index in [-0.39, 0.29) is 16.6 Å². The highest BCUT2D eigenvalue weighted by Crippen LogP contribution is 2.27. The van der Waals surface area contributed by atoms with Crippen LogP contribution in [0.1, 0.15) is 42.4 Å². The van der Waals surface area contributed by atoms with Gasteiger partial charge in [0.2, 0.25) is 15.9 Å². The van der Waals surface area contributed by atoms with E-state index in [2.05, 4.69) is 37.4 Å². The van der Waals surface area contributed by atoms with Crippen molar-refractivity contribution in [2.45, 2.75) is 56.4 Å². The Hall–Kier alpha value is -2.42. The number of rotatable bonds is 6. The highest BCUT2D eigenvalue weighted by molar-refractivity contribution is 8.00. The van der Waals surface area contributed by atoms with Gasteiger partial charge in [-0.25, -0.2) is 13.4 Å². The van der Waals surface area contributed by atoms with Crippen molar-refractivity contribution in [3.05, 3.63) is 59.2 Å². The number of nitrogens with zero attached hydrogens (tertiary/aromatic N) is 2. The molecular formula is C26H31N3O3S2. The Morgan fingerprint density at radius 1 is 0.971 bits per heavy atom. The van der Waals surface area contributed by atoms with E-state index in [9.17, 15) is 13.2 Å². The maximum absolute atomic E-state index is 12.9. The third kappa shape index (κ3) is 5.62. The number of hydrogen-bond acceptors (Lipinski definition) is 5. The number of sulfonamides is 1. The molecule has 1 fully saturated rings. The van der Waals surface area contributed by atoms with Crippen LogP contribution in [0.4, 0.5) is 5.69 Å². The first-order valence-corrected chi connectivity index (χ1v) is 14.1. The Kier molecular flexibility index (Phi) is 7.60. The number of amides is 1. The van der Waals surface area contributed by atoms with Crippen LogP contribution < -0.4 is 5.32 Å². The smallest absolute Gasteiger partial charge is 0.243 e. The fourth-order valence-electron chi connectivity index (χ4n) is 4.33. The molecule has 2 aromatic carbocycles. The first-order chi connectivity index (χ1) is 16.2. The average Bonchev–Trinajstić information content (AvgIpc) is 3.09. The lowest BCUT2D eigenvalue weighted by Gasteiger charge is -2.20. The number of benzene rings is 2. The van der Waals surface area contributed by atoms with Gasteiger partial charge in [-0.2, -0.15) is 4.31 Å². The Balaban J connectivity index is 1.39. The van der Waals surface area contributed by atoms with Gasteiger partial charge < -0.3 is 5.32 Å². The first kappa shape index (κ1) is 24.7.